The smallest absolute Gasteiger partial charge is 0.151 e. The second-order valence-corrected chi connectivity index (χ2v) is 13.1. The summed E-state index contributed by atoms with van der Waals surface area (Å²) in [6, 6.07) is 35.0. The number of hydrogen-bond donors (Lipinski definition) is 4. The third-order valence-electron chi connectivity index (χ3n) is 8.15. The number of rotatable bonds is 5. The van der Waals surface area contributed by atoms with Crippen molar-refractivity contribution in [3.63, 3.8) is 0 Å². The number of para-hydroxylation sites is 1. The summed E-state index contributed by atoms with van der Waals surface area (Å²) in [5, 5.41) is 25.7. The molecule has 0 saturated carbocycles. The van der Waals surface area contributed by atoms with Crippen molar-refractivity contribution in [2.75, 3.05) is 11.1 Å². The number of carbonyl (C=O) groups excluding carboxylic acids is 1. The topological polar surface area (TPSA) is 147 Å². The molecule has 1 atom stereocenters. The molecule has 4 heterocycles. The van der Waals surface area contributed by atoms with Crippen molar-refractivity contribution < 1.29 is 23.8 Å². The third-order valence-corrected chi connectivity index (χ3v) is 8.81. The first-order chi connectivity index (χ1) is 27.4. The maximum Gasteiger partial charge on any atom is 0.151 e. The monoisotopic (exact) mass is 804 g/mol. The fourth-order valence-electron chi connectivity index (χ4n) is 5.46. The molecule has 9 nitrogen and oxygen atoms in total. The van der Waals surface area contributed by atoms with Crippen molar-refractivity contribution >= 4 is 62.9 Å². The second kappa shape index (κ2) is 19.8. The third kappa shape index (κ3) is 11.4. The van der Waals surface area contributed by atoms with Crippen molar-refractivity contribution in [2.24, 2.45) is 0 Å². The highest BCUT2D eigenvalue weighted by atomic mass is 35.5. The second-order valence-electron chi connectivity index (χ2n) is 12.3. The van der Waals surface area contributed by atoms with Gasteiger partial charge in [0.25, 0.3) is 0 Å². The zero-order chi connectivity index (χ0) is 40.9. The van der Waals surface area contributed by atoms with E-state index in [0.29, 0.717) is 45.6 Å². The molecular weight excluding hydrogens is 769 g/mol. The Hall–Kier alpha value is -6.69. The van der Waals surface area contributed by atoms with E-state index in [-0.39, 0.29) is 21.5 Å². The number of benzene rings is 4. The van der Waals surface area contributed by atoms with E-state index in [1.54, 1.807) is 36.7 Å². The van der Waals surface area contributed by atoms with E-state index in [4.69, 9.17) is 28.9 Å². The number of aldehydes is 1. The Morgan fingerprint density at radius 3 is 1.84 bits per heavy atom. The number of pyridine rings is 4. The van der Waals surface area contributed by atoms with Crippen LogP contribution in [0.1, 0.15) is 38.9 Å². The highest BCUT2D eigenvalue weighted by molar-refractivity contribution is 6.33. The van der Waals surface area contributed by atoms with Gasteiger partial charge in [0.05, 0.1) is 11.1 Å². The number of phenols is 2. The molecule has 4 aromatic carbocycles. The van der Waals surface area contributed by atoms with E-state index in [2.05, 4.69) is 25.3 Å². The number of carbonyl (C=O) groups is 1. The Bertz CT molecular complexity index is 2610. The Kier molecular flexibility index (Phi) is 14.4. The number of aromatic nitrogens is 4. The number of hydrogen-bond acceptors (Lipinski definition) is 9. The predicted octanol–water partition coefficient (Wildman–Crippen LogP) is 10.8. The number of halogens is 4. The molecule has 0 amide bonds. The van der Waals surface area contributed by atoms with E-state index in [1.165, 1.54) is 24.3 Å². The molecule has 4 aromatic heterocycles. The average Bonchev–Trinajstić information content (AvgIpc) is 3.19. The summed E-state index contributed by atoms with van der Waals surface area (Å²) in [5.41, 5.74) is 9.81. The number of nitrogens with two attached hydrogens (primary N) is 1. The van der Waals surface area contributed by atoms with Gasteiger partial charge in [0.2, 0.25) is 0 Å². The van der Waals surface area contributed by atoms with Gasteiger partial charge >= 0.3 is 0 Å². The normalized spacial score (nSPS) is 10.8. The van der Waals surface area contributed by atoms with Crippen molar-refractivity contribution in [1.82, 2.24) is 19.9 Å². The zero-order valence-corrected chi connectivity index (χ0v) is 32.1. The Morgan fingerprint density at radius 1 is 0.667 bits per heavy atom. The Morgan fingerprint density at radius 2 is 1.25 bits per heavy atom. The number of aryl methyl sites for hydroxylation is 2. The van der Waals surface area contributed by atoms with Gasteiger partial charge in [-0.25, -0.2) is 18.7 Å². The molecule has 0 radical (unpaired) electrons. The van der Waals surface area contributed by atoms with Crippen LogP contribution in [0, 0.1) is 25.5 Å². The van der Waals surface area contributed by atoms with Crippen LogP contribution in [0.3, 0.4) is 0 Å². The lowest BCUT2D eigenvalue weighted by Gasteiger charge is -2.23. The van der Waals surface area contributed by atoms with E-state index < -0.39 is 17.7 Å². The Balaban J connectivity index is 0.000000173. The zero-order valence-electron chi connectivity index (χ0n) is 30.6. The van der Waals surface area contributed by atoms with Crippen molar-refractivity contribution in [3.05, 3.63) is 190 Å². The first-order valence-electron chi connectivity index (χ1n) is 17.3. The first-order valence-corrected chi connectivity index (χ1v) is 18.0. The van der Waals surface area contributed by atoms with Crippen LogP contribution in [0.15, 0.2) is 140 Å². The van der Waals surface area contributed by atoms with Crippen molar-refractivity contribution in [2.45, 2.75) is 19.9 Å². The van der Waals surface area contributed by atoms with Gasteiger partial charge in [0, 0.05) is 50.7 Å². The first kappa shape index (κ1) is 41.5. The number of phenolic OH excluding ortho intramolecular Hbond substituents is 2. The van der Waals surface area contributed by atoms with Crippen LogP contribution in [0.4, 0.5) is 20.4 Å². The van der Waals surface area contributed by atoms with Crippen LogP contribution in [0.25, 0.3) is 21.8 Å². The van der Waals surface area contributed by atoms with Crippen LogP contribution in [-0.2, 0) is 0 Å². The molecule has 0 aliphatic rings. The molecule has 0 spiro atoms. The van der Waals surface area contributed by atoms with Crippen LogP contribution in [0.2, 0.25) is 10.0 Å². The molecule has 8 aromatic rings. The summed E-state index contributed by atoms with van der Waals surface area (Å²) in [4.78, 5) is 26.9. The molecule has 57 heavy (non-hydrogen) atoms. The number of nitrogens with zero attached hydrogens (tertiary/aromatic N) is 4. The largest absolute Gasteiger partial charge is 0.506 e. The van der Waals surface area contributed by atoms with E-state index in [0.717, 1.165) is 28.2 Å². The summed E-state index contributed by atoms with van der Waals surface area (Å²) in [5.74, 6) is 0.629. The number of nitrogens with one attached hydrogen (secondary N) is 1. The SMILES string of the molecule is Cc1cccc(N)n1.Cc1cccc(NC(c2ccc(F)cc2Cl)c2ccc3cccnc3c2O)n1.O=Cc1ccc(F)cc1Cl.Oc1cccc2cccnc12. The van der Waals surface area contributed by atoms with Crippen LogP contribution in [-0.4, -0.2) is 36.4 Å². The van der Waals surface area contributed by atoms with Crippen LogP contribution >= 0.6 is 23.2 Å². The number of fused-ring (bicyclic) bond motifs is 2. The highest BCUT2D eigenvalue weighted by Crippen LogP contribution is 2.38. The molecule has 0 fully saturated rings. The minimum Gasteiger partial charge on any atom is -0.506 e. The molecule has 8 rings (SSSR count). The Labute approximate surface area is 337 Å². The van der Waals surface area contributed by atoms with E-state index in [1.807, 2.05) is 86.6 Å². The molecule has 1 unspecified atom stereocenters. The van der Waals surface area contributed by atoms with Gasteiger partial charge in [-0.15, -0.1) is 0 Å². The van der Waals surface area contributed by atoms with Gasteiger partial charge in [0.1, 0.15) is 45.8 Å². The lowest BCUT2D eigenvalue weighted by atomic mass is 9.96. The van der Waals surface area contributed by atoms with Gasteiger partial charge in [-0.3, -0.25) is 14.8 Å². The molecule has 5 N–H and O–H groups in total. The average molecular weight is 806 g/mol. The molecule has 0 bridgehead atoms. The van der Waals surface area contributed by atoms with Crippen molar-refractivity contribution in [3.8, 4) is 11.5 Å². The fraction of sp³-hybridized carbons (Fsp3) is 0.0682. The highest BCUT2D eigenvalue weighted by Gasteiger charge is 2.23. The maximum absolute atomic E-state index is 13.6. The van der Waals surface area contributed by atoms with Gasteiger partial charge < -0.3 is 21.3 Å². The number of nitrogen functional groups attached to an aromatic ring is 1. The molecule has 288 valence electrons. The number of aromatic hydroxyl groups is 2. The molecule has 0 aliphatic carbocycles. The van der Waals surface area contributed by atoms with E-state index >= 15 is 0 Å². The summed E-state index contributed by atoms with van der Waals surface area (Å²) < 4.78 is 25.9. The summed E-state index contributed by atoms with van der Waals surface area (Å²) >= 11 is 11.8. The van der Waals surface area contributed by atoms with Gasteiger partial charge in [-0.05, 0) is 92.2 Å². The molecular formula is C44H36Cl2F2N6O3. The summed E-state index contributed by atoms with van der Waals surface area (Å²) in [6.45, 7) is 3.80. The van der Waals surface area contributed by atoms with E-state index in [9.17, 15) is 23.8 Å². The minimum absolute atomic E-state index is 0.0450. The lowest BCUT2D eigenvalue weighted by Crippen LogP contribution is -2.14. The summed E-state index contributed by atoms with van der Waals surface area (Å²) in [7, 11) is 0. The van der Waals surface area contributed by atoms with Gasteiger partial charge in [0.15, 0.2) is 6.29 Å². The fourth-order valence-corrected chi connectivity index (χ4v) is 5.95. The van der Waals surface area contributed by atoms with Gasteiger partial charge in [-0.1, -0.05) is 77.8 Å². The minimum atomic E-state index is -0.547. The standard InChI is InChI=1S/C22H17ClFN3O.C9H7NO.C7H4ClFO.C6H8N2/c1-13-4-2-6-19(26-13)27-21(16-10-8-15(24)12-18(16)23)17-9-7-14-5-3-11-25-20(14)22(17)28;11-8-5-1-3-7-4-2-6-10-9(7)8;8-7-3-6(9)2-1-5(7)4-10;1-5-3-2-4-6(7)8-5/h2-12,21,28H,1H3,(H,26,27);1-6,11H;1-4H;2-4H,1H3,(H2,7,8). The van der Waals surface area contributed by atoms with Crippen molar-refractivity contribution in [1.29, 1.82) is 0 Å². The molecule has 0 saturated heterocycles. The van der Waals surface area contributed by atoms with Crippen LogP contribution in [0.5, 0.6) is 11.5 Å². The van der Waals surface area contributed by atoms with Crippen LogP contribution < -0.4 is 11.1 Å². The molecule has 0 aliphatic heterocycles. The number of anilines is 2. The lowest BCUT2D eigenvalue weighted by molar-refractivity contribution is 0.112. The summed E-state index contributed by atoms with van der Waals surface area (Å²) in [6.07, 6.45) is 3.88. The molecule has 13 heteroatoms. The quantitative estimate of drug-likeness (QED) is 0.125. The van der Waals surface area contributed by atoms with Gasteiger partial charge in [-0.2, -0.15) is 0 Å². The maximum atomic E-state index is 13.6. The predicted molar refractivity (Wildman–Crippen MR) is 223 cm³/mol.